The Kier molecular flexibility index (Phi) is 10.7. The lowest BCUT2D eigenvalue weighted by Gasteiger charge is -2.29. The second kappa shape index (κ2) is 16.5. The van der Waals surface area contributed by atoms with Gasteiger partial charge in [0.1, 0.15) is 0 Å². The molecule has 3 aliphatic carbocycles. The fourth-order valence-corrected chi connectivity index (χ4v) is 8.37. The zero-order valence-electron chi connectivity index (χ0n) is 32.4. The van der Waals surface area contributed by atoms with Gasteiger partial charge in [0.2, 0.25) is 0 Å². The van der Waals surface area contributed by atoms with Crippen LogP contribution < -0.4 is 0 Å². The van der Waals surface area contributed by atoms with Crippen LogP contribution in [0.3, 0.4) is 0 Å². The van der Waals surface area contributed by atoms with Gasteiger partial charge in [-0.25, -0.2) is 0 Å². The summed E-state index contributed by atoms with van der Waals surface area (Å²) in [7, 11) is 0. The normalized spacial score (nSPS) is 17.3. The third kappa shape index (κ3) is 7.57. The largest absolute Gasteiger partial charge is 0.0990 e. The van der Waals surface area contributed by atoms with Crippen LogP contribution >= 0.6 is 0 Å². The van der Waals surface area contributed by atoms with Gasteiger partial charge in [-0.1, -0.05) is 195 Å². The number of hydrogen-bond acceptors (Lipinski definition) is 0. The van der Waals surface area contributed by atoms with E-state index in [0.717, 1.165) is 48.8 Å². The molecule has 0 saturated carbocycles. The minimum absolute atomic E-state index is 0.907. The molecule has 0 amide bonds. The number of fused-ring (bicyclic) bond motifs is 3. The zero-order chi connectivity index (χ0) is 38.4. The first-order valence-electron chi connectivity index (χ1n) is 19.8. The average molecular weight is 721 g/mol. The van der Waals surface area contributed by atoms with E-state index in [2.05, 4.69) is 190 Å². The zero-order valence-corrected chi connectivity index (χ0v) is 32.4. The summed E-state index contributed by atoms with van der Waals surface area (Å²) in [5.41, 5.74) is 17.6. The van der Waals surface area contributed by atoms with E-state index in [1.54, 1.807) is 0 Å². The molecule has 0 heteroatoms. The van der Waals surface area contributed by atoms with Crippen molar-refractivity contribution < 1.29 is 0 Å². The molecule has 0 atom stereocenters. The summed E-state index contributed by atoms with van der Waals surface area (Å²) in [5, 5.41) is 5.11. The lowest BCUT2D eigenvalue weighted by Crippen LogP contribution is -2.09. The topological polar surface area (TPSA) is 0 Å². The minimum Gasteiger partial charge on any atom is -0.0990 e. The molecule has 8 rings (SSSR count). The highest BCUT2D eigenvalue weighted by Crippen LogP contribution is 2.48. The molecular weight excluding hydrogens is 673 g/mol. The molecule has 5 aromatic carbocycles. The van der Waals surface area contributed by atoms with Crippen LogP contribution in [0.4, 0.5) is 0 Å². The molecule has 0 fully saturated rings. The van der Waals surface area contributed by atoms with Crippen molar-refractivity contribution in [3.05, 3.63) is 245 Å². The molecule has 0 unspecified atom stereocenters. The predicted molar refractivity (Wildman–Crippen MR) is 245 cm³/mol. The number of aryl methyl sites for hydroxylation is 1. The minimum atomic E-state index is 0.907. The average Bonchev–Trinajstić information content (AvgIpc) is 3.23. The van der Waals surface area contributed by atoms with Gasteiger partial charge in [-0.05, 0) is 139 Å². The Morgan fingerprint density at radius 1 is 0.696 bits per heavy atom. The van der Waals surface area contributed by atoms with E-state index in [1.807, 2.05) is 6.08 Å². The van der Waals surface area contributed by atoms with Crippen LogP contribution in [0.25, 0.3) is 49.9 Å². The third-order valence-corrected chi connectivity index (χ3v) is 11.3. The van der Waals surface area contributed by atoms with Gasteiger partial charge in [0.15, 0.2) is 0 Å². The summed E-state index contributed by atoms with van der Waals surface area (Å²) in [6, 6.07) is 33.5. The van der Waals surface area contributed by atoms with Gasteiger partial charge in [-0.3, -0.25) is 0 Å². The fraction of sp³-hybridized carbons (Fsp3) is 0.107. The standard InChI is InChI=1S/C56H48/c1-5-17-45-36-48(31-28-40(45)3)56-52-25-16-15-24-51(52)55(49-33-32-43-21-13-14-22-47(43)37-49)53-35-34-46(38-54(53)56)41(4)50(44-29-26-39(2)27-30-44)23-12-7-6-9-18-42-19-10-8-11-20-42/h5-19,21-27,29-30,32-33,36-38H,1,3-4,20,28,31,34-35H2,2H3/b9-6+,12-7-,42-18-,45-17-,50-23-. The summed E-state index contributed by atoms with van der Waals surface area (Å²) >= 11 is 0. The maximum atomic E-state index is 4.83. The van der Waals surface area contributed by atoms with Crippen LogP contribution in [0.2, 0.25) is 0 Å². The number of hydrogen-bond donors (Lipinski definition) is 0. The van der Waals surface area contributed by atoms with Crippen molar-refractivity contribution in [2.75, 3.05) is 0 Å². The van der Waals surface area contributed by atoms with E-state index in [0.29, 0.717) is 0 Å². The molecule has 5 aromatic rings. The van der Waals surface area contributed by atoms with Crippen LogP contribution in [-0.4, -0.2) is 0 Å². The number of rotatable bonds is 9. The first kappa shape index (κ1) is 36.5. The SMILES string of the molecule is C=C/C=C1/C=C(c2c3c(c(-c4ccc5ccccc5c4)c4ccccc24)CCC(C(=C)/C(=C/C=C\C=C\C=C2\C=CC=CC2)c2ccc(C)cc2)=C3)CCC1=C. The molecule has 272 valence electrons. The maximum Gasteiger partial charge on any atom is -0.00666 e. The summed E-state index contributed by atoms with van der Waals surface area (Å²) in [5.74, 6) is 0. The number of benzene rings is 5. The van der Waals surface area contributed by atoms with E-state index in [9.17, 15) is 0 Å². The molecule has 0 N–H and O–H groups in total. The Bertz CT molecular complexity index is 2680. The first-order chi connectivity index (χ1) is 27.5. The van der Waals surface area contributed by atoms with Crippen molar-refractivity contribution in [3.63, 3.8) is 0 Å². The van der Waals surface area contributed by atoms with Crippen LogP contribution in [-0.2, 0) is 6.42 Å². The Labute approximate surface area is 333 Å². The van der Waals surface area contributed by atoms with E-state index in [4.69, 9.17) is 6.58 Å². The van der Waals surface area contributed by atoms with Crippen molar-refractivity contribution >= 4 is 38.8 Å². The molecule has 0 spiro atoms. The fourth-order valence-electron chi connectivity index (χ4n) is 8.37. The monoisotopic (exact) mass is 720 g/mol. The van der Waals surface area contributed by atoms with Crippen molar-refractivity contribution in [1.82, 2.24) is 0 Å². The Hall–Kier alpha value is -6.50. The molecule has 0 heterocycles. The molecule has 0 nitrogen and oxygen atoms in total. The smallest absolute Gasteiger partial charge is 0.00666 e. The van der Waals surface area contributed by atoms with Gasteiger partial charge in [-0.15, -0.1) is 0 Å². The third-order valence-electron chi connectivity index (χ3n) is 11.3. The van der Waals surface area contributed by atoms with Crippen LogP contribution in [0.1, 0.15) is 53.5 Å². The van der Waals surface area contributed by atoms with Crippen molar-refractivity contribution in [2.45, 2.75) is 39.0 Å². The highest BCUT2D eigenvalue weighted by atomic mass is 14.3. The lowest BCUT2D eigenvalue weighted by atomic mass is 9.75. The van der Waals surface area contributed by atoms with Crippen LogP contribution in [0, 0.1) is 6.92 Å². The summed E-state index contributed by atoms with van der Waals surface area (Å²) in [6.45, 7) is 15.4. The molecule has 3 aliphatic rings. The summed E-state index contributed by atoms with van der Waals surface area (Å²) in [4.78, 5) is 0. The van der Waals surface area contributed by atoms with Gasteiger partial charge in [0, 0.05) is 0 Å². The molecule has 0 aromatic heterocycles. The highest BCUT2D eigenvalue weighted by molar-refractivity contribution is 6.09. The van der Waals surface area contributed by atoms with Crippen molar-refractivity contribution in [3.8, 4) is 11.1 Å². The summed E-state index contributed by atoms with van der Waals surface area (Å²) < 4.78 is 0. The van der Waals surface area contributed by atoms with Crippen LogP contribution in [0.5, 0.6) is 0 Å². The Morgan fingerprint density at radius 2 is 1.46 bits per heavy atom. The Morgan fingerprint density at radius 3 is 2.25 bits per heavy atom. The van der Waals surface area contributed by atoms with Gasteiger partial charge in [0.05, 0.1) is 0 Å². The summed E-state index contributed by atoms with van der Waals surface area (Å²) in [6.07, 6.45) is 34.9. The van der Waals surface area contributed by atoms with Gasteiger partial charge >= 0.3 is 0 Å². The van der Waals surface area contributed by atoms with Gasteiger partial charge < -0.3 is 0 Å². The van der Waals surface area contributed by atoms with E-state index >= 15 is 0 Å². The van der Waals surface area contributed by atoms with E-state index in [1.165, 1.54) is 82.8 Å². The molecular formula is C56H48. The second-order valence-electron chi connectivity index (χ2n) is 15.0. The van der Waals surface area contributed by atoms with Crippen molar-refractivity contribution in [1.29, 1.82) is 0 Å². The molecule has 0 saturated heterocycles. The molecule has 56 heavy (non-hydrogen) atoms. The molecule has 0 aliphatic heterocycles. The van der Waals surface area contributed by atoms with Crippen LogP contribution in [0.15, 0.2) is 218 Å². The van der Waals surface area contributed by atoms with E-state index in [-0.39, 0.29) is 0 Å². The van der Waals surface area contributed by atoms with E-state index < -0.39 is 0 Å². The van der Waals surface area contributed by atoms with Gasteiger partial charge in [0.25, 0.3) is 0 Å². The number of allylic oxidation sites excluding steroid dienone is 20. The quantitative estimate of drug-likeness (QED) is 0.133. The van der Waals surface area contributed by atoms with Crippen molar-refractivity contribution in [2.24, 2.45) is 0 Å². The highest BCUT2D eigenvalue weighted by Gasteiger charge is 2.27. The molecule has 0 radical (unpaired) electrons. The first-order valence-corrected chi connectivity index (χ1v) is 19.8. The second-order valence-corrected chi connectivity index (χ2v) is 15.0. The Balaban J connectivity index is 1.29. The maximum absolute atomic E-state index is 4.83. The van der Waals surface area contributed by atoms with Gasteiger partial charge in [-0.2, -0.15) is 0 Å². The molecule has 0 bridgehead atoms. The lowest BCUT2D eigenvalue weighted by molar-refractivity contribution is 0.942. The predicted octanol–water partition coefficient (Wildman–Crippen LogP) is 15.3.